The summed E-state index contributed by atoms with van der Waals surface area (Å²) in [6, 6.07) is 18.9. The zero-order valence-corrected chi connectivity index (χ0v) is 10.5. The van der Waals surface area contributed by atoms with Crippen molar-refractivity contribution in [1.82, 2.24) is 0 Å². The van der Waals surface area contributed by atoms with Crippen molar-refractivity contribution in [3.05, 3.63) is 60.2 Å². The van der Waals surface area contributed by atoms with Crippen LogP contribution in [-0.2, 0) is 0 Å². The number of hydrogen-bond donors (Lipinski definition) is 0. The molecular weight excluding hydrogens is 240 g/mol. The van der Waals surface area contributed by atoms with Crippen molar-refractivity contribution in [1.29, 1.82) is 0 Å². The minimum atomic E-state index is 0.362. The predicted molar refractivity (Wildman–Crippen MR) is 79.1 cm³/mol. The van der Waals surface area contributed by atoms with Crippen LogP contribution >= 0.6 is 11.6 Å². The molecule has 0 radical (unpaired) electrons. The van der Waals surface area contributed by atoms with Crippen molar-refractivity contribution in [2.75, 3.05) is 5.88 Å². The first-order chi connectivity index (χ1) is 8.90. The third-order valence-corrected chi connectivity index (χ3v) is 3.19. The minimum Gasteiger partial charge on any atom is -0.113 e. The van der Waals surface area contributed by atoms with Crippen molar-refractivity contribution in [3.8, 4) is 11.8 Å². The van der Waals surface area contributed by atoms with E-state index >= 15 is 0 Å². The zero-order valence-electron chi connectivity index (χ0n) is 9.78. The van der Waals surface area contributed by atoms with Crippen molar-refractivity contribution in [2.45, 2.75) is 0 Å². The number of fused-ring (bicyclic) bond motifs is 3. The van der Waals surface area contributed by atoms with Gasteiger partial charge in [-0.2, -0.15) is 0 Å². The SMILES string of the molecule is ClCC#Cc1cc2ccccc2c2ccccc12. The maximum absolute atomic E-state index is 5.65. The minimum absolute atomic E-state index is 0.362. The van der Waals surface area contributed by atoms with Crippen LogP contribution in [0.2, 0.25) is 0 Å². The van der Waals surface area contributed by atoms with E-state index in [0.717, 1.165) is 5.56 Å². The van der Waals surface area contributed by atoms with Crippen LogP contribution in [0, 0.1) is 11.8 Å². The van der Waals surface area contributed by atoms with Gasteiger partial charge in [0, 0.05) is 5.56 Å². The summed E-state index contributed by atoms with van der Waals surface area (Å²) in [4.78, 5) is 0. The second kappa shape index (κ2) is 4.72. The van der Waals surface area contributed by atoms with Gasteiger partial charge in [0.15, 0.2) is 0 Å². The van der Waals surface area contributed by atoms with Crippen LogP contribution in [0.3, 0.4) is 0 Å². The van der Waals surface area contributed by atoms with Gasteiger partial charge in [-0.25, -0.2) is 0 Å². The first kappa shape index (κ1) is 11.1. The van der Waals surface area contributed by atoms with Crippen LogP contribution in [0.5, 0.6) is 0 Å². The standard InChI is InChI=1S/C17H11Cl/c18-11-5-7-14-12-13-6-1-2-8-15(13)17-10-4-3-9-16(14)17/h1-4,6,8-10,12H,11H2. The number of rotatable bonds is 0. The van der Waals surface area contributed by atoms with Crippen molar-refractivity contribution < 1.29 is 0 Å². The van der Waals surface area contributed by atoms with Crippen LogP contribution < -0.4 is 0 Å². The number of halogens is 1. The van der Waals surface area contributed by atoms with Gasteiger partial charge in [0.2, 0.25) is 0 Å². The molecule has 86 valence electrons. The van der Waals surface area contributed by atoms with Gasteiger partial charge in [0.25, 0.3) is 0 Å². The molecule has 0 aliphatic carbocycles. The Balaban J connectivity index is 2.46. The van der Waals surface area contributed by atoms with E-state index in [1.807, 2.05) is 6.07 Å². The molecule has 0 spiro atoms. The maximum Gasteiger partial charge on any atom is 0.0839 e. The summed E-state index contributed by atoms with van der Waals surface area (Å²) in [6.45, 7) is 0. The van der Waals surface area contributed by atoms with Crippen LogP contribution in [0.15, 0.2) is 54.6 Å². The van der Waals surface area contributed by atoms with Gasteiger partial charge in [-0.3, -0.25) is 0 Å². The van der Waals surface area contributed by atoms with Crippen molar-refractivity contribution in [2.24, 2.45) is 0 Å². The summed E-state index contributed by atoms with van der Waals surface area (Å²) in [5.41, 5.74) is 1.05. The Morgan fingerprint density at radius 3 is 2.28 bits per heavy atom. The summed E-state index contributed by atoms with van der Waals surface area (Å²) in [5.74, 6) is 6.45. The van der Waals surface area contributed by atoms with E-state index in [-0.39, 0.29) is 0 Å². The molecule has 0 nitrogen and oxygen atoms in total. The molecule has 3 aromatic carbocycles. The Labute approximate surface area is 111 Å². The highest BCUT2D eigenvalue weighted by Crippen LogP contribution is 2.28. The first-order valence-corrected chi connectivity index (χ1v) is 6.39. The van der Waals surface area contributed by atoms with Gasteiger partial charge in [0.05, 0.1) is 5.88 Å². The molecule has 3 rings (SSSR count). The Morgan fingerprint density at radius 2 is 1.50 bits per heavy atom. The van der Waals surface area contributed by atoms with E-state index in [1.54, 1.807) is 0 Å². The Hall–Kier alpha value is -1.97. The molecule has 0 saturated carbocycles. The molecule has 0 aliphatic heterocycles. The van der Waals surface area contributed by atoms with E-state index in [9.17, 15) is 0 Å². The highest BCUT2D eigenvalue weighted by atomic mass is 35.5. The molecular formula is C17H11Cl. The molecule has 0 unspecified atom stereocenters. The van der Waals surface area contributed by atoms with Crippen LogP contribution in [-0.4, -0.2) is 5.88 Å². The van der Waals surface area contributed by atoms with Crippen molar-refractivity contribution >= 4 is 33.1 Å². The highest BCUT2D eigenvalue weighted by molar-refractivity contribution is 6.19. The lowest BCUT2D eigenvalue weighted by Crippen LogP contribution is -1.83. The van der Waals surface area contributed by atoms with Gasteiger partial charge >= 0.3 is 0 Å². The van der Waals surface area contributed by atoms with Gasteiger partial charge in [-0.05, 0) is 27.6 Å². The van der Waals surface area contributed by atoms with Crippen LogP contribution in [0.1, 0.15) is 5.56 Å². The summed E-state index contributed by atoms with van der Waals surface area (Å²) in [7, 11) is 0. The largest absolute Gasteiger partial charge is 0.113 e. The highest BCUT2D eigenvalue weighted by Gasteiger charge is 2.03. The number of benzene rings is 3. The Kier molecular flexibility index (Phi) is 2.92. The number of hydrogen-bond acceptors (Lipinski definition) is 0. The van der Waals surface area contributed by atoms with Gasteiger partial charge < -0.3 is 0 Å². The lowest BCUT2D eigenvalue weighted by molar-refractivity contribution is 1.72. The topological polar surface area (TPSA) is 0 Å². The molecule has 0 amide bonds. The second-order valence-electron chi connectivity index (χ2n) is 4.13. The molecule has 0 aromatic heterocycles. The average Bonchev–Trinajstić information content (AvgIpc) is 2.45. The molecule has 0 N–H and O–H groups in total. The van der Waals surface area contributed by atoms with E-state index in [2.05, 4.69) is 60.4 Å². The lowest BCUT2D eigenvalue weighted by Gasteiger charge is -2.06. The fourth-order valence-electron chi connectivity index (χ4n) is 2.29. The fourth-order valence-corrected chi connectivity index (χ4v) is 2.35. The smallest absolute Gasteiger partial charge is 0.0839 e. The summed E-state index contributed by atoms with van der Waals surface area (Å²) >= 11 is 5.65. The average molecular weight is 251 g/mol. The predicted octanol–water partition coefficient (Wildman–Crippen LogP) is 4.58. The second-order valence-corrected chi connectivity index (χ2v) is 4.39. The summed E-state index contributed by atoms with van der Waals surface area (Å²) in [5, 5.41) is 4.92. The van der Waals surface area contributed by atoms with Crippen molar-refractivity contribution in [3.63, 3.8) is 0 Å². The molecule has 0 heterocycles. The van der Waals surface area contributed by atoms with E-state index in [1.165, 1.54) is 21.5 Å². The van der Waals surface area contributed by atoms with Gasteiger partial charge in [-0.1, -0.05) is 60.4 Å². The molecule has 3 aromatic rings. The Morgan fingerprint density at radius 1 is 0.833 bits per heavy atom. The molecule has 18 heavy (non-hydrogen) atoms. The van der Waals surface area contributed by atoms with E-state index < -0.39 is 0 Å². The monoisotopic (exact) mass is 250 g/mol. The molecule has 0 atom stereocenters. The summed E-state index contributed by atoms with van der Waals surface area (Å²) in [6.07, 6.45) is 0. The third kappa shape index (κ3) is 1.83. The normalized spacial score (nSPS) is 10.3. The molecule has 0 saturated heterocycles. The lowest BCUT2D eigenvalue weighted by atomic mass is 9.97. The first-order valence-electron chi connectivity index (χ1n) is 5.85. The zero-order chi connectivity index (χ0) is 12.4. The van der Waals surface area contributed by atoms with Crippen LogP contribution in [0.4, 0.5) is 0 Å². The Bertz CT molecular complexity index is 776. The molecule has 0 aliphatic rings. The van der Waals surface area contributed by atoms with E-state index in [0.29, 0.717) is 5.88 Å². The number of alkyl halides is 1. The van der Waals surface area contributed by atoms with Gasteiger partial charge in [0.1, 0.15) is 0 Å². The third-order valence-electron chi connectivity index (χ3n) is 3.06. The molecule has 0 bridgehead atoms. The van der Waals surface area contributed by atoms with Crippen LogP contribution in [0.25, 0.3) is 21.5 Å². The quantitative estimate of drug-likeness (QED) is 0.311. The van der Waals surface area contributed by atoms with Gasteiger partial charge in [-0.15, -0.1) is 11.6 Å². The molecule has 0 fully saturated rings. The fraction of sp³-hybridized carbons (Fsp3) is 0.0588. The van der Waals surface area contributed by atoms with E-state index in [4.69, 9.17) is 11.6 Å². The summed E-state index contributed by atoms with van der Waals surface area (Å²) < 4.78 is 0. The molecule has 1 heteroatoms. The maximum atomic E-state index is 5.65.